The average Bonchev–Trinajstić information content (AvgIpc) is 3.07. The first-order valence-electron chi connectivity index (χ1n) is 8.31. The summed E-state index contributed by atoms with van der Waals surface area (Å²) in [6.45, 7) is 7.93. The van der Waals surface area contributed by atoms with Gasteiger partial charge in [0.25, 0.3) is 0 Å². The van der Waals surface area contributed by atoms with Crippen LogP contribution in [0.25, 0.3) is 5.69 Å². The van der Waals surface area contributed by atoms with Crippen molar-refractivity contribution in [2.24, 2.45) is 0 Å². The topological polar surface area (TPSA) is 50.2 Å². The maximum Gasteiger partial charge on any atom is 0.220 e. The van der Waals surface area contributed by atoms with Gasteiger partial charge in [-0.2, -0.15) is 5.10 Å². The molecule has 0 atom stereocenters. The largest absolute Gasteiger partial charge is 0.355 e. The molecule has 5 nitrogen and oxygen atoms in total. The SMILES string of the molecule is CCN(CC)CCNC(=O)CCc1cnn(-c2ccccc2)c1. The third-order valence-corrected chi connectivity index (χ3v) is 3.94. The minimum Gasteiger partial charge on any atom is -0.355 e. The second kappa shape index (κ2) is 9.10. The zero-order valence-electron chi connectivity index (χ0n) is 14.0. The third-order valence-electron chi connectivity index (χ3n) is 3.94. The monoisotopic (exact) mass is 314 g/mol. The summed E-state index contributed by atoms with van der Waals surface area (Å²) in [5.41, 5.74) is 2.11. The summed E-state index contributed by atoms with van der Waals surface area (Å²) >= 11 is 0. The summed E-state index contributed by atoms with van der Waals surface area (Å²) in [7, 11) is 0. The van der Waals surface area contributed by atoms with Crippen molar-refractivity contribution in [3.63, 3.8) is 0 Å². The highest BCUT2D eigenvalue weighted by molar-refractivity contribution is 5.76. The molecule has 0 aliphatic rings. The Morgan fingerprint density at radius 1 is 1.22 bits per heavy atom. The lowest BCUT2D eigenvalue weighted by Crippen LogP contribution is -2.34. The van der Waals surface area contributed by atoms with Crippen LogP contribution >= 0.6 is 0 Å². The number of aromatic nitrogens is 2. The summed E-state index contributed by atoms with van der Waals surface area (Å²) in [6, 6.07) is 9.98. The summed E-state index contributed by atoms with van der Waals surface area (Å²) in [4.78, 5) is 14.2. The number of rotatable bonds is 9. The van der Waals surface area contributed by atoms with E-state index in [9.17, 15) is 4.79 Å². The van der Waals surface area contributed by atoms with E-state index in [1.807, 2.05) is 47.4 Å². The Balaban J connectivity index is 1.74. The number of carbonyl (C=O) groups excluding carboxylic acids is 1. The van der Waals surface area contributed by atoms with Gasteiger partial charge in [0.1, 0.15) is 0 Å². The molecule has 0 aliphatic carbocycles. The number of carbonyl (C=O) groups is 1. The van der Waals surface area contributed by atoms with Gasteiger partial charge in [0, 0.05) is 25.7 Å². The van der Waals surface area contributed by atoms with E-state index >= 15 is 0 Å². The number of nitrogens with one attached hydrogen (secondary N) is 1. The number of nitrogens with zero attached hydrogens (tertiary/aromatic N) is 3. The Labute approximate surface area is 138 Å². The molecule has 0 fully saturated rings. The summed E-state index contributed by atoms with van der Waals surface area (Å²) in [5.74, 6) is 0.101. The van der Waals surface area contributed by atoms with E-state index in [0.29, 0.717) is 19.4 Å². The molecule has 0 aliphatic heterocycles. The zero-order chi connectivity index (χ0) is 16.5. The first kappa shape index (κ1) is 17.2. The fraction of sp³-hybridized carbons (Fsp3) is 0.444. The van der Waals surface area contributed by atoms with Crippen molar-refractivity contribution in [3.05, 3.63) is 48.3 Å². The molecule has 2 aromatic rings. The lowest BCUT2D eigenvalue weighted by molar-refractivity contribution is -0.121. The highest BCUT2D eigenvalue weighted by Crippen LogP contribution is 2.09. The van der Waals surface area contributed by atoms with E-state index in [4.69, 9.17) is 0 Å². The summed E-state index contributed by atoms with van der Waals surface area (Å²) in [5, 5.41) is 7.33. The van der Waals surface area contributed by atoms with Crippen molar-refractivity contribution in [3.8, 4) is 5.69 Å². The van der Waals surface area contributed by atoms with Crippen molar-refractivity contribution in [2.45, 2.75) is 26.7 Å². The van der Waals surface area contributed by atoms with E-state index < -0.39 is 0 Å². The minimum atomic E-state index is 0.101. The standard InChI is InChI=1S/C18H26N4O/c1-3-21(4-2)13-12-19-18(23)11-10-16-14-20-22(15-16)17-8-6-5-7-9-17/h5-9,14-15H,3-4,10-13H2,1-2H3,(H,19,23). The molecule has 1 aromatic carbocycles. The lowest BCUT2D eigenvalue weighted by Gasteiger charge is -2.17. The second-order valence-corrected chi connectivity index (χ2v) is 5.51. The molecular formula is C18H26N4O. The quantitative estimate of drug-likeness (QED) is 0.772. The van der Waals surface area contributed by atoms with Crippen LogP contribution in [0.5, 0.6) is 0 Å². The second-order valence-electron chi connectivity index (χ2n) is 5.51. The van der Waals surface area contributed by atoms with Crippen LogP contribution in [0.1, 0.15) is 25.8 Å². The van der Waals surface area contributed by atoms with E-state index in [-0.39, 0.29) is 5.91 Å². The smallest absolute Gasteiger partial charge is 0.220 e. The molecule has 2 rings (SSSR count). The molecule has 1 N–H and O–H groups in total. The van der Waals surface area contributed by atoms with Gasteiger partial charge in [0.15, 0.2) is 0 Å². The van der Waals surface area contributed by atoms with Gasteiger partial charge in [-0.1, -0.05) is 32.0 Å². The minimum absolute atomic E-state index is 0.101. The molecule has 0 bridgehead atoms. The molecule has 5 heteroatoms. The van der Waals surface area contributed by atoms with Gasteiger partial charge >= 0.3 is 0 Å². The fourth-order valence-electron chi connectivity index (χ4n) is 2.45. The summed E-state index contributed by atoms with van der Waals surface area (Å²) < 4.78 is 1.84. The molecule has 0 saturated carbocycles. The van der Waals surface area contributed by atoms with Crippen LogP contribution in [0.3, 0.4) is 0 Å². The number of benzene rings is 1. The van der Waals surface area contributed by atoms with Crippen molar-refractivity contribution in [1.82, 2.24) is 20.0 Å². The highest BCUT2D eigenvalue weighted by Gasteiger charge is 2.06. The maximum atomic E-state index is 11.9. The fourth-order valence-corrected chi connectivity index (χ4v) is 2.45. The van der Waals surface area contributed by atoms with Gasteiger partial charge in [-0.3, -0.25) is 4.79 Å². The van der Waals surface area contributed by atoms with E-state index in [2.05, 4.69) is 29.2 Å². The zero-order valence-corrected chi connectivity index (χ0v) is 14.0. The van der Waals surface area contributed by atoms with Crippen molar-refractivity contribution < 1.29 is 4.79 Å². The number of para-hydroxylation sites is 1. The van der Waals surface area contributed by atoms with Crippen LogP contribution in [-0.2, 0) is 11.2 Å². The third kappa shape index (κ3) is 5.53. The Morgan fingerprint density at radius 3 is 2.65 bits per heavy atom. The Morgan fingerprint density at radius 2 is 1.96 bits per heavy atom. The van der Waals surface area contributed by atoms with Crippen LogP contribution < -0.4 is 5.32 Å². The van der Waals surface area contributed by atoms with Crippen molar-refractivity contribution >= 4 is 5.91 Å². The van der Waals surface area contributed by atoms with Crippen LogP contribution in [-0.4, -0.2) is 46.8 Å². The van der Waals surface area contributed by atoms with Gasteiger partial charge in [0.05, 0.1) is 11.9 Å². The molecule has 124 valence electrons. The lowest BCUT2D eigenvalue weighted by atomic mass is 10.2. The van der Waals surface area contributed by atoms with Gasteiger partial charge in [-0.05, 0) is 37.2 Å². The van der Waals surface area contributed by atoms with Crippen molar-refractivity contribution in [1.29, 1.82) is 0 Å². The Bertz CT molecular complexity index is 590. The molecular weight excluding hydrogens is 288 g/mol. The molecule has 0 unspecified atom stereocenters. The predicted molar refractivity (Wildman–Crippen MR) is 92.7 cm³/mol. The number of hydrogen-bond acceptors (Lipinski definition) is 3. The molecule has 0 spiro atoms. The maximum absolute atomic E-state index is 11.9. The molecule has 1 aromatic heterocycles. The average molecular weight is 314 g/mol. The molecule has 0 saturated heterocycles. The van der Waals surface area contributed by atoms with E-state index in [1.54, 1.807) is 0 Å². The van der Waals surface area contributed by atoms with Crippen LogP contribution in [0.4, 0.5) is 0 Å². The first-order chi connectivity index (χ1) is 11.2. The summed E-state index contributed by atoms with van der Waals surface area (Å²) in [6.07, 6.45) is 5.03. The van der Waals surface area contributed by atoms with Gasteiger partial charge < -0.3 is 10.2 Å². The van der Waals surface area contributed by atoms with Crippen LogP contribution in [0.15, 0.2) is 42.7 Å². The van der Waals surface area contributed by atoms with Gasteiger partial charge in [0.2, 0.25) is 5.91 Å². The van der Waals surface area contributed by atoms with Crippen LogP contribution in [0, 0.1) is 0 Å². The highest BCUT2D eigenvalue weighted by atomic mass is 16.1. The Hall–Kier alpha value is -2.14. The van der Waals surface area contributed by atoms with E-state index in [1.165, 1.54) is 0 Å². The van der Waals surface area contributed by atoms with Crippen molar-refractivity contribution in [2.75, 3.05) is 26.2 Å². The first-order valence-corrected chi connectivity index (χ1v) is 8.31. The Kier molecular flexibility index (Phi) is 6.81. The molecule has 0 radical (unpaired) electrons. The van der Waals surface area contributed by atoms with E-state index in [0.717, 1.165) is 30.9 Å². The number of hydrogen-bond donors (Lipinski definition) is 1. The predicted octanol–water partition coefficient (Wildman–Crippen LogP) is 2.26. The number of amides is 1. The molecule has 1 amide bonds. The number of likely N-dealkylation sites (N-methyl/N-ethyl adjacent to an activating group) is 1. The number of aryl methyl sites for hydroxylation is 1. The normalized spacial score (nSPS) is 10.9. The molecule has 23 heavy (non-hydrogen) atoms. The molecule has 1 heterocycles. The van der Waals surface area contributed by atoms with Gasteiger partial charge in [-0.25, -0.2) is 4.68 Å². The van der Waals surface area contributed by atoms with Crippen LogP contribution in [0.2, 0.25) is 0 Å². The van der Waals surface area contributed by atoms with Gasteiger partial charge in [-0.15, -0.1) is 0 Å².